The van der Waals surface area contributed by atoms with Gasteiger partial charge in [-0.25, -0.2) is 0 Å². The van der Waals surface area contributed by atoms with Gasteiger partial charge in [0.15, 0.2) is 0 Å². The highest BCUT2D eigenvalue weighted by molar-refractivity contribution is 8.00. The maximum absolute atomic E-state index is 13.5. The zero-order valence-electron chi connectivity index (χ0n) is 26.8. The van der Waals surface area contributed by atoms with Crippen LogP contribution >= 0.6 is 11.8 Å². The topological polar surface area (TPSA) is 110 Å². The first kappa shape index (κ1) is 33.8. The molecular formula is C39H37N3O5S. The number of carbonyl (C=O) groups excluding carboxylic acids is 3. The number of thioether (sulfide) groups is 1. The number of rotatable bonds is 14. The minimum Gasteiger partial charge on any atom is -0.494 e. The fourth-order valence-electron chi connectivity index (χ4n) is 4.56. The summed E-state index contributed by atoms with van der Waals surface area (Å²) < 4.78 is 11.7. The molecule has 48 heavy (non-hydrogen) atoms. The van der Waals surface area contributed by atoms with Crippen molar-refractivity contribution in [1.29, 1.82) is 0 Å². The van der Waals surface area contributed by atoms with Crippen molar-refractivity contribution in [2.24, 2.45) is 0 Å². The van der Waals surface area contributed by atoms with Crippen molar-refractivity contribution in [2.45, 2.75) is 36.8 Å². The molecule has 0 saturated carbocycles. The van der Waals surface area contributed by atoms with Crippen LogP contribution in [-0.2, 0) is 9.59 Å². The lowest BCUT2D eigenvalue weighted by Crippen LogP contribution is -2.30. The third kappa shape index (κ3) is 9.73. The molecule has 0 spiro atoms. The number of anilines is 2. The SMILES string of the molecule is CCCCOc1ccc(NC(=O)C(C)Sc2ccc(NC(=O)C(=Cc3ccc(-c4ccccc4)o3)NC(=O)c3ccccc3)cc2)cc1. The van der Waals surface area contributed by atoms with Crippen LogP contribution in [0.3, 0.4) is 0 Å². The molecule has 0 aliphatic rings. The summed E-state index contributed by atoms with van der Waals surface area (Å²) in [5, 5.41) is 8.15. The van der Waals surface area contributed by atoms with E-state index in [2.05, 4.69) is 22.9 Å². The van der Waals surface area contributed by atoms with Crippen molar-refractivity contribution >= 4 is 46.9 Å². The molecule has 5 aromatic rings. The number of benzene rings is 4. The van der Waals surface area contributed by atoms with Gasteiger partial charge in [0.2, 0.25) is 5.91 Å². The van der Waals surface area contributed by atoms with Gasteiger partial charge in [-0.3, -0.25) is 14.4 Å². The maximum Gasteiger partial charge on any atom is 0.272 e. The van der Waals surface area contributed by atoms with Gasteiger partial charge in [0.1, 0.15) is 23.0 Å². The van der Waals surface area contributed by atoms with E-state index in [0.29, 0.717) is 35.1 Å². The van der Waals surface area contributed by atoms with Gasteiger partial charge < -0.3 is 25.1 Å². The van der Waals surface area contributed by atoms with E-state index in [9.17, 15) is 14.4 Å². The van der Waals surface area contributed by atoms with Gasteiger partial charge in [0.05, 0.1) is 11.9 Å². The molecule has 4 aromatic carbocycles. The van der Waals surface area contributed by atoms with E-state index in [1.54, 1.807) is 42.5 Å². The highest BCUT2D eigenvalue weighted by atomic mass is 32.2. The Kier molecular flexibility index (Phi) is 11.9. The minimum absolute atomic E-state index is 0.0158. The molecule has 1 heterocycles. The summed E-state index contributed by atoms with van der Waals surface area (Å²) >= 11 is 1.40. The molecule has 3 amide bonds. The van der Waals surface area contributed by atoms with Crippen LogP contribution < -0.4 is 20.7 Å². The first-order chi connectivity index (χ1) is 23.4. The predicted octanol–water partition coefficient (Wildman–Crippen LogP) is 8.65. The number of furan rings is 1. The van der Waals surface area contributed by atoms with Crippen molar-refractivity contribution < 1.29 is 23.5 Å². The van der Waals surface area contributed by atoms with Crippen LogP contribution in [0.25, 0.3) is 17.4 Å². The number of unbranched alkanes of at least 4 members (excludes halogenated alkanes) is 1. The van der Waals surface area contributed by atoms with Crippen molar-refractivity contribution in [3.05, 3.63) is 138 Å². The van der Waals surface area contributed by atoms with Crippen molar-refractivity contribution in [3.8, 4) is 17.1 Å². The van der Waals surface area contributed by atoms with Crippen LogP contribution in [0, 0.1) is 0 Å². The molecule has 0 aliphatic heterocycles. The fraction of sp³-hybridized carbons (Fsp3) is 0.154. The van der Waals surface area contributed by atoms with Crippen LogP contribution in [0.5, 0.6) is 5.75 Å². The average molecular weight is 660 g/mol. The summed E-state index contributed by atoms with van der Waals surface area (Å²) in [6.07, 6.45) is 3.56. The molecule has 8 nitrogen and oxygen atoms in total. The zero-order valence-corrected chi connectivity index (χ0v) is 27.6. The second-order valence-corrected chi connectivity index (χ2v) is 12.3. The van der Waals surface area contributed by atoms with E-state index >= 15 is 0 Å². The van der Waals surface area contributed by atoms with Gasteiger partial charge >= 0.3 is 0 Å². The lowest BCUT2D eigenvalue weighted by molar-refractivity contribution is -0.115. The Bertz CT molecular complexity index is 1840. The molecule has 0 bridgehead atoms. The van der Waals surface area contributed by atoms with Gasteiger partial charge in [0.25, 0.3) is 11.8 Å². The van der Waals surface area contributed by atoms with Crippen LogP contribution in [0.1, 0.15) is 42.8 Å². The summed E-state index contributed by atoms with van der Waals surface area (Å²) in [5.74, 6) is 0.735. The van der Waals surface area contributed by atoms with E-state index in [-0.39, 0.29) is 16.9 Å². The number of ether oxygens (including phenoxy) is 1. The van der Waals surface area contributed by atoms with E-state index in [0.717, 1.165) is 29.1 Å². The van der Waals surface area contributed by atoms with Crippen LogP contribution in [-0.4, -0.2) is 29.6 Å². The standard InChI is InChI=1S/C39H37N3O5S/c1-3-4-25-46-32-19-15-30(16-20-32)40-37(43)27(2)48-34-22-17-31(18-23-34)41-39(45)35(42-38(44)29-13-9-6-10-14-29)26-33-21-24-36(47-33)28-11-7-5-8-12-28/h5-24,26-27H,3-4,25H2,1-2H3,(H,40,43)(H,41,45)(H,42,44). The molecule has 1 atom stereocenters. The first-order valence-electron chi connectivity index (χ1n) is 15.7. The van der Waals surface area contributed by atoms with Gasteiger partial charge in [-0.2, -0.15) is 0 Å². The Balaban J connectivity index is 1.22. The molecule has 0 aliphatic carbocycles. The first-order valence-corrected chi connectivity index (χ1v) is 16.6. The number of hydrogen-bond donors (Lipinski definition) is 3. The molecule has 3 N–H and O–H groups in total. The average Bonchev–Trinajstić information content (AvgIpc) is 3.59. The predicted molar refractivity (Wildman–Crippen MR) is 192 cm³/mol. The number of nitrogens with one attached hydrogen (secondary N) is 3. The quantitative estimate of drug-likeness (QED) is 0.0626. The molecule has 9 heteroatoms. The van der Waals surface area contributed by atoms with Crippen molar-refractivity contribution in [3.63, 3.8) is 0 Å². The van der Waals surface area contributed by atoms with E-state index in [1.165, 1.54) is 17.8 Å². The lowest BCUT2D eigenvalue weighted by Gasteiger charge is -2.14. The Morgan fingerprint density at radius 3 is 2.12 bits per heavy atom. The third-order valence-corrected chi connectivity index (χ3v) is 8.30. The summed E-state index contributed by atoms with van der Waals surface area (Å²) in [6.45, 7) is 4.62. The number of hydrogen-bond acceptors (Lipinski definition) is 6. The second-order valence-electron chi connectivity index (χ2n) is 10.9. The van der Waals surface area contributed by atoms with E-state index in [4.69, 9.17) is 9.15 Å². The van der Waals surface area contributed by atoms with Gasteiger partial charge in [-0.05, 0) is 86.1 Å². The minimum atomic E-state index is -0.521. The zero-order chi connectivity index (χ0) is 33.7. The highest BCUT2D eigenvalue weighted by Gasteiger charge is 2.18. The molecule has 0 fully saturated rings. The van der Waals surface area contributed by atoms with E-state index in [1.807, 2.05) is 85.8 Å². The number of carbonyl (C=O) groups is 3. The smallest absolute Gasteiger partial charge is 0.272 e. The Morgan fingerprint density at radius 1 is 0.792 bits per heavy atom. The molecule has 0 radical (unpaired) electrons. The molecule has 1 aromatic heterocycles. The van der Waals surface area contributed by atoms with E-state index < -0.39 is 11.8 Å². The Labute approximate surface area is 284 Å². The molecule has 0 saturated heterocycles. The van der Waals surface area contributed by atoms with Gasteiger partial charge in [-0.15, -0.1) is 11.8 Å². The molecule has 1 unspecified atom stereocenters. The Hall–Kier alpha value is -5.54. The third-order valence-electron chi connectivity index (χ3n) is 7.18. The highest BCUT2D eigenvalue weighted by Crippen LogP contribution is 2.27. The van der Waals surface area contributed by atoms with Crippen LogP contribution in [0.15, 0.2) is 136 Å². The van der Waals surface area contributed by atoms with Crippen LogP contribution in [0.2, 0.25) is 0 Å². The molecule has 244 valence electrons. The fourth-order valence-corrected chi connectivity index (χ4v) is 5.43. The monoisotopic (exact) mass is 659 g/mol. The number of amides is 3. The summed E-state index contributed by atoms with van der Waals surface area (Å²) in [5.41, 5.74) is 2.54. The summed E-state index contributed by atoms with van der Waals surface area (Å²) in [4.78, 5) is 40.2. The molecular weight excluding hydrogens is 623 g/mol. The normalized spacial score (nSPS) is 11.8. The van der Waals surface area contributed by atoms with Gasteiger partial charge in [-0.1, -0.05) is 61.9 Å². The maximum atomic E-state index is 13.5. The van der Waals surface area contributed by atoms with Crippen molar-refractivity contribution in [1.82, 2.24) is 5.32 Å². The summed E-state index contributed by atoms with van der Waals surface area (Å²) in [7, 11) is 0. The molecule has 5 rings (SSSR count). The largest absolute Gasteiger partial charge is 0.494 e. The van der Waals surface area contributed by atoms with Gasteiger partial charge in [0, 0.05) is 33.5 Å². The lowest BCUT2D eigenvalue weighted by atomic mass is 10.2. The summed E-state index contributed by atoms with van der Waals surface area (Å²) in [6, 6.07) is 36.3. The Morgan fingerprint density at radius 2 is 1.44 bits per heavy atom. The second kappa shape index (κ2) is 16.9. The van der Waals surface area contributed by atoms with Crippen LogP contribution in [0.4, 0.5) is 11.4 Å². The van der Waals surface area contributed by atoms with Crippen molar-refractivity contribution in [2.75, 3.05) is 17.2 Å².